The Labute approximate surface area is 152 Å². The van der Waals surface area contributed by atoms with Gasteiger partial charge in [-0.05, 0) is 56.8 Å². The molecule has 1 amide bonds. The zero-order chi connectivity index (χ0) is 19.2. The SMILES string of the molecule is CC(COc1ccccc1C(F)(F)F)NC(=O)CC(C)C1CCCNC1. The van der Waals surface area contributed by atoms with E-state index >= 15 is 0 Å². The number of para-hydroxylation sites is 1. The van der Waals surface area contributed by atoms with E-state index in [0.717, 1.165) is 32.0 Å². The van der Waals surface area contributed by atoms with Crippen LogP contribution in [0, 0.1) is 11.8 Å². The quantitative estimate of drug-likeness (QED) is 0.769. The van der Waals surface area contributed by atoms with Crippen LogP contribution in [0.4, 0.5) is 13.2 Å². The molecule has 146 valence electrons. The van der Waals surface area contributed by atoms with Crippen molar-refractivity contribution >= 4 is 5.91 Å². The minimum Gasteiger partial charge on any atom is -0.491 e. The van der Waals surface area contributed by atoms with Gasteiger partial charge in [0, 0.05) is 6.42 Å². The number of carbonyl (C=O) groups is 1. The second-order valence-electron chi connectivity index (χ2n) is 7.06. The van der Waals surface area contributed by atoms with E-state index in [1.54, 1.807) is 6.92 Å². The van der Waals surface area contributed by atoms with Crippen LogP contribution in [0.15, 0.2) is 24.3 Å². The normalized spacial score (nSPS) is 20.3. The van der Waals surface area contributed by atoms with Crippen LogP contribution in [-0.2, 0) is 11.0 Å². The Balaban J connectivity index is 1.80. The number of benzene rings is 1. The largest absolute Gasteiger partial charge is 0.491 e. The lowest BCUT2D eigenvalue weighted by Crippen LogP contribution is -2.39. The lowest BCUT2D eigenvalue weighted by molar-refractivity contribution is -0.139. The monoisotopic (exact) mass is 372 g/mol. The highest BCUT2D eigenvalue weighted by Gasteiger charge is 2.34. The highest BCUT2D eigenvalue weighted by atomic mass is 19.4. The van der Waals surface area contributed by atoms with Gasteiger partial charge >= 0.3 is 6.18 Å². The third-order valence-corrected chi connectivity index (χ3v) is 4.74. The van der Waals surface area contributed by atoms with E-state index in [2.05, 4.69) is 17.6 Å². The standard InChI is InChI=1S/C19H27F3N2O2/c1-13(15-6-5-9-23-11-15)10-18(25)24-14(2)12-26-17-8-4-3-7-16(17)19(20,21)22/h3-4,7-8,13-15,23H,5-6,9-12H2,1-2H3,(H,24,25). The molecule has 0 aliphatic carbocycles. The average molecular weight is 372 g/mol. The molecular formula is C19H27F3N2O2. The summed E-state index contributed by atoms with van der Waals surface area (Å²) >= 11 is 0. The minimum atomic E-state index is -4.47. The number of ether oxygens (including phenoxy) is 1. The topological polar surface area (TPSA) is 50.4 Å². The third kappa shape index (κ3) is 6.20. The van der Waals surface area contributed by atoms with Gasteiger partial charge in [0.05, 0.1) is 11.6 Å². The Morgan fingerprint density at radius 1 is 1.35 bits per heavy atom. The molecule has 1 heterocycles. The fourth-order valence-electron chi connectivity index (χ4n) is 3.24. The van der Waals surface area contributed by atoms with E-state index in [0.29, 0.717) is 12.3 Å². The van der Waals surface area contributed by atoms with E-state index in [4.69, 9.17) is 4.74 Å². The number of amides is 1. The Kier molecular flexibility index (Phi) is 7.32. The van der Waals surface area contributed by atoms with Crippen LogP contribution >= 0.6 is 0 Å². The summed E-state index contributed by atoms with van der Waals surface area (Å²) in [7, 11) is 0. The molecule has 1 aliphatic heterocycles. The first kappa shape index (κ1) is 20.6. The Morgan fingerprint density at radius 3 is 2.73 bits per heavy atom. The van der Waals surface area contributed by atoms with Crippen LogP contribution in [-0.4, -0.2) is 31.6 Å². The van der Waals surface area contributed by atoms with Crippen LogP contribution < -0.4 is 15.4 Å². The van der Waals surface area contributed by atoms with Crippen molar-refractivity contribution in [2.24, 2.45) is 11.8 Å². The van der Waals surface area contributed by atoms with Crippen molar-refractivity contribution in [2.45, 2.75) is 45.3 Å². The molecule has 1 aromatic rings. The van der Waals surface area contributed by atoms with Gasteiger partial charge < -0.3 is 15.4 Å². The van der Waals surface area contributed by atoms with Gasteiger partial charge in [-0.15, -0.1) is 0 Å². The molecule has 1 aromatic carbocycles. The van der Waals surface area contributed by atoms with Gasteiger partial charge in [-0.3, -0.25) is 4.79 Å². The van der Waals surface area contributed by atoms with E-state index in [1.165, 1.54) is 18.2 Å². The number of alkyl halides is 3. The predicted molar refractivity (Wildman–Crippen MR) is 93.9 cm³/mol. The second kappa shape index (κ2) is 9.26. The molecule has 3 atom stereocenters. The molecule has 1 saturated heterocycles. The van der Waals surface area contributed by atoms with E-state index in [-0.39, 0.29) is 30.2 Å². The summed E-state index contributed by atoms with van der Waals surface area (Å²) in [4.78, 5) is 12.2. The van der Waals surface area contributed by atoms with Gasteiger partial charge in [-0.1, -0.05) is 19.1 Å². The van der Waals surface area contributed by atoms with Crippen molar-refractivity contribution < 1.29 is 22.7 Å². The molecule has 1 fully saturated rings. The van der Waals surface area contributed by atoms with Gasteiger partial charge in [0.1, 0.15) is 12.4 Å². The van der Waals surface area contributed by atoms with Gasteiger partial charge in [0.2, 0.25) is 5.91 Å². The molecule has 0 bridgehead atoms. The molecule has 0 spiro atoms. The fourth-order valence-corrected chi connectivity index (χ4v) is 3.24. The van der Waals surface area contributed by atoms with Crippen LogP contribution in [0.25, 0.3) is 0 Å². The highest BCUT2D eigenvalue weighted by Crippen LogP contribution is 2.35. The molecule has 2 N–H and O–H groups in total. The number of rotatable bonds is 7. The predicted octanol–water partition coefficient (Wildman–Crippen LogP) is 3.61. The maximum atomic E-state index is 12.9. The maximum Gasteiger partial charge on any atom is 0.419 e. The number of hydrogen-bond acceptors (Lipinski definition) is 3. The molecule has 0 aromatic heterocycles. The lowest BCUT2D eigenvalue weighted by atomic mass is 9.85. The van der Waals surface area contributed by atoms with Gasteiger partial charge in [-0.2, -0.15) is 13.2 Å². The van der Waals surface area contributed by atoms with E-state index < -0.39 is 11.7 Å². The second-order valence-corrected chi connectivity index (χ2v) is 7.06. The first-order valence-electron chi connectivity index (χ1n) is 9.06. The Bertz CT molecular complexity index is 586. The molecule has 3 unspecified atom stereocenters. The minimum absolute atomic E-state index is 0.0157. The summed E-state index contributed by atoms with van der Waals surface area (Å²) in [6.07, 6.45) is -1.81. The van der Waals surface area contributed by atoms with Crippen LogP contribution in [0.2, 0.25) is 0 Å². The molecule has 7 heteroatoms. The van der Waals surface area contributed by atoms with Crippen molar-refractivity contribution in [3.8, 4) is 5.75 Å². The summed E-state index contributed by atoms with van der Waals surface area (Å²) in [6.45, 7) is 5.74. The average Bonchev–Trinajstić information content (AvgIpc) is 2.60. The Morgan fingerprint density at radius 2 is 2.08 bits per heavy atom. The number of halogens is 3. The fraction of sp³-hybridized carbons (Fsp3) is 0.632. The van der Waals surface area contributed by atoms with Gasteiger partial charge in [0.15, 0.2) is 0 Å². The summed E-state index contributed by atoms with van der Waals surface area (Å²) in [5, 5.41) is 6.15. The first-order valence-corrected chi connectivity index (χ1v) is 9.06. The summed E-state index contributed by atoms with van der Waals surface area (Å²) in [6, 6.07) is 4.71. The molecule has 4 nitrogen and oxygen atoms in total. The van der Waals surface area contributed by atoms with Crippen molar-refractivity contribution in [2.75, 3.05) is 19.7 Å². The third-order valence-electron chi connectivity index (χ3n) is 4.74. The van der Waals surface area contributed by atoms with E-state index in [1.807, 2.05) is 0 Å². The zero-order valence-corrected chi connectivity index (χ0v) is 15.2. The van der Waals surface area contributed by atoms with Crippen molar-refractivity contribution in [1.29, 1.82) is 0 Å². The number of carbonyl (C=O) groups excluding carboxylic acids is 1. The number of piperidine rings is 1. The lowest BCUT2D eigenvalue weighted by Gasteiger charge is -2.28. The van der Waals surface area contributed by atoms with Crippen molar-refractivity contribution in [1.82, 2.24) is 10.6 Å². The zero-order valence-electron chi connectivity index (χ0n) is 15.2. The van der Waals surface area contributed by atoms with E-state index in [9.17, 15) is 18.0 Å². The molecule has 1 aliphatic rings. The van der Waals surface area contributed by atoms with Crippen LogP contribution in [0.5, 0.6) is 5.75 Å². The Hall–Kier alpha value is -1.76. The van der Waals surface area contributed by atoms with Crippen molar-refractivity contribution in [3.05, 3.63) is 29.8 Å². The molecule has 0 saturated carbocycles. The number of nitrogens with one attached hydrogen (secondary N) is 2. The highest BCUT2D eigenvalue weighted by molar-refractivity contribution is 5.76. The van der Waals surface area contributed by atoms with Crippen LogP contribution in [0.3, 0.4) is 0 Å². The summed E-state index contributed by atoms with van der Waals surface area (Å²) in [5.41, 5.74) is -0.808. The van der Waals surface area contributed by atoms with Crippen molar-refractivity contribution in [3.63, 3.8) is 0 Å². The molecular weight excluding hydrogens is 345 g/mol. The number of hydrogen-bond donors (Lipinski definition) is 2. The molecule has 0 radical (unpaired) electrons. The summed E-state index contributed by atoms with van der Waals surface area (Å²) < 4.78 is 44.1. The maximum absolute atomic E-state index is 12.9. The van der Waals surface area contributed by atoms with Crippen LogP contribution in [0.1, 0.15) is 38.7 Å². The van der Waals surface area contributed by atoms with Gasteiger partial charge in [-0.25, -0.2) is 0 Å². The molecule has 2 rings (SSSR count). The van der Waals surface area contributed by atoms with Gasteiger partial charge in [0.25, 0.3) is 0 Å². The smallest absolute Gasteiger partial charge is 0.419 e. The summed E-state index contributed by atoms with van der Waals surface area (Å²) in [5.74, 6) is 0.438. The first-order chi connectivity index (χ1) is 12.3. The molecule has 26 heavy (non-hydrogen) atoms.